The highest BCUT2D eigenvalue weighted by molar-refractivity contribution is 6.02. The molecule has 6 nitrogen and oxygen atoms in total. The zero-order valence-corrected chi connectivity index (χ0v) is 9.86. The molecule has 9 heteroatoms. The van der Waals surface area contributed by atoms with E-state index in [1.165, 1.54) is 0 Å². The summed E-state index contributed by atoms with van der Waals surface area (Å²) in [5.41, 5.74) is 4.18. The SMILES string of the molecule is Cn1nc(C2CNC(=O)C2C(N)=O)cc1C(F)(F)F. The lowest BCUT2D eigenvalue weighted by molar-refractivity contribution is -0.143. The summed E-state index contributed by atoms with van der Waals surface area (Å²) in [6.07, 6.45) is -4.54. The van der Waals surface area contributed by atoms with Gasteiger partial charge in [0.15, 0.2) is 0 Å². The maximum Gasteiger partial charge on any atom is 0.433 e. The number of primary amides is 1. The third-order valence-electron chi connectivity index (χ3n) is 3.06. The van der Waals surface area contributed by atoms with Gasteiger partial charge in [0.25, 0.3) is 0 Å². The van der Waals surface area contributed by atoms with Crippen molar-refractivity contribution >= 4 is 11.8 Å². The Hall–Kier alpha value is -2.06. The molecule has 1 aromatic heterocycles. The lowest BCUT2D eigenvalue weighted by atomic mass is 9.92. The van der Waals surface area contributed by atoms with Gasteiger partial charge >= 0.3 is 6.18 Å². The van der Waals surface area contributed by atoms with Gasteiger partial charge in [-0.1, -0.05) is 0 Å². The van der Waals surface area contributed by atoms with Crippen LogP contribution in [0.1, 0.15) is 17.3 Å². The molecule has 0 spiro atoms. The molecule has 0 bridgehead atoms. The number of halogens is 3. The summed E-state index contributed by atoms with van der Waals surface area (Å²) >= 11 is 0. The highest BCUT2D eigenvalue weighted by Crippen LogP contribution is 2.34. The van der Waals surface area contributed by atoms with Crippen LogP contribution in [0.25, 0.3) is 0 Å². The van der Waals surface area contributed by atoms with Gasteiger partial charge in [0.1, 0.15) is 11.6 Å². The molecule has 1 aliphatic rings. The van der Waals surface area contributed by atoms with Crippen LogP contribution in [0.5, 0.6) is 0 Å². The Balaban J connectivity index is 2.38. The lowest BCUT2D eigenvalue weighted by Crippen LogP contribution is -2.32. The molecule has 2 amide bonds. The number of hydrogen-bond donors (Lipinski definition) is 2. The number of aromatic nitrogens is 2. The summed E-state index contributed by atoms with van der Waals surface area (Å²) in [4.78, 5) is 22.6. The number of nitrogens with one attached hydrogen (secondary N) is 1. The molecule has 1 aliphatic heterocycles. The third-order valence-corrected chi connectivity index (χ3v) is 3.06. The number of rotatable bonds is 2. The topological polar surface area (TPSA) is 90.0 Å². The van der Waals surface area contributed by atoms with Crippen molar-refractivity contribution in [3.05, 3.63) is 17.5 Å². The minimum Gasteiger partial charge on any atom is -0.369 e. The highest BCUT2D eigenvalue weighted by Gasteiger charge is 2.43. The second-order valence-corrected chi connectivity index (χ2v) is 4.31. The van der Waals surface area contributed by atoms with Crippen molar-refractivity contribution in [2.75, 3.05) is 6.54 Å². The van der Waals surface area contributed by atoms with Crippen LogP contribution in [0, 0.1) is 5.92 Å². The first kappa shape index (κ1) is 13.4. The Morgan fingerprint density at radius 2 is 2.21 bits per heavy atom. The molecule has 19 heavy (non-hydrogen) atoms. The summed E-state index contributed by atoms with van der Waals surface area (Å²) < 4.78 is 38.6. The van der Waals surface area contributed by atoms with Crippen molar-refractivity contribution in [2.45, 2.75) is 12.1 Å². The van der Waals surface area contributed by atoms with Crippen molar-refractivity contribution in [1.29, 1.82) is 0 Å². The highest BCUT2D eigenvalue weighted by atomic mass is 19.4. The molecule has 1 aromatic rings. The van der Waals surface area contributed by atoms with E-state index >= 15 is 0 Å². The minimum atomic E-state index is -4.54. The fourth-order valence-electron chi connectivity index (χ4n) is 2.16. The van der Waals surface area contributed by atoms with Crippen molar-refractivity contribution in [3.8, 4) is 0 Å². The molecule has 3 N–H and O–H groups in total. The summed E-state index contributed by atoms with van der Waals surface area (Å²) in [6, 6.07) is 0.834. The van der Waals surface area contributed by atoms with E-state index in [0.29, 0.717) is 4.68 Å². The van der Waals surface area contributed by atoms with Gasteiger partial charge in [0, 0.05) is 19.5 Å². The number of nitrogens with two attached hydrogens (primary N) is 1. The summed E-state index contributed by atoms with van der Waals surface area (Å²) in [5, 5.41) is 6.12. The first-order valence-electron chi connectivity index (χ1n) is 5.40. The molecule has 1 fully saturated rings. The van der Waals surface area contributed by atoms with Crippen molar-refractivity contribution < 1.29 is 22.8 Å². The molecule has 2 unspecified atom stereocenters. The van der Waals surface area contributed by atoms with Crippen LogP contribution >= 0.6 is 0 Å². The number of hydrogen-bond acceptors (Lipinski definition) is 3. The minimum absolute atomic E-state index is 0.0250. The monoisotopic (exact) mass is 276 g/mol. The summed E-state index contributed by atoms with van der Waals surface area (Å²) in [6.45, 7) is 0.0424. The Labute approximate surface area is 105 Å². The van der Waals surface area contributed by atoms with Gasteiger partial charge in [-0.15, -0.1) is 0 Å². The molecular weight excluding hydrogens is 265 g/mol. The average molecular weight is 276 g/mol. The maximum atomic E-state index is 12.6. The van der Waals surface area contributed by atoms with Gasteiger partial charge in [0.05, 0.1) is 5.69 Å². The third kappa shape index (κ3) is 2.27. The van der Waals surface area contributed by atoms with Crippen LogP contribution in [0.2, 0.25) is 0 Å². The number of alkyl halides is 3. The quantitative estimate of drug-likeness (QED) is 0.730. The number of aryl methyl sites for hydroxylation is 1. The Bertz CT molecular complexity index is 537. The predicted octanol–water partition coefficient (Wildman–Crippen LogP) is -0.246. The van der Waals surface area contributed by atoms with Crippen LogP contribution < -0.4 is 11.1 Å². The van der Waals surface area contributed by atoms with E-state index in [4.69, 9.17) is 5.73 Å². The van der Waals surface area contributed by atoms with Gasteiger partial charge in [0.2, 0.25) is 11.8 Å². The van der Waals surface area contributed by atoms with Crippen LogP contribution in [0.15, 0.2) is 6.07 Å². The van der Waals surface area contributed by atoms with E-state index in [9.17, 15) is 22.8 Å². The van der Waals surface area contributed by atoms with Crippen LogP contribution in [-0.4, -0.2) is 28.1 Å². The zero-order valence-electron chi connectivity index (χ0n) is 9.86. The smallest absolute Gasteiger partial charge is 0.369 e. The first-order chi connectivity index (χ1) is 8.71. The summed E-state index contributed by atoms with van der Waals surface area (Å²) in [7, 11) is 1.15. The molecule has 0 aromatic carbocycles. The van der Waals surface area contributed by atoms with Crippen molar-refractivity contribution in [2.24, 2.45) is 18.7 Å². The van der Waals surface area contributed by atoms with Crippen LogP contribution in [0.4, 0.5) is 13.2 Å². The normalized spacial score (nSPS) is 23.5. The van der Waals surface area contributed by atoms with E-state index in [0.717, 1.165) is 13.1 Å². The molecule has 2 heterocycles. The molecular formula is C10H11F3N4O2. The number of carbonyl (C=O) groups excluding carboxylic acids is 2. The van der Waals surface area contributed by atoms with Crippen LogP contribution in [0.3, 0.4) is 0 Å². The van der Waals surface area contributed by atoms with Gasteiger partial charge in [-0.05, 0) is 6.07 Å². The second-order valence-electron chi connectivity index (χ2n) is 4.31. The van der Waals surface area contributed by atoms with E-state index in [1.807, 2.05) is 0 Å². The van der Waals surface area contributed by atoms with E-state index in [2.05, 4.69) is 10.4 Å². The zero-order chi connectivity index (χ0) is 14.4. The maximum absolute atomic E-state index is 12.6. The molecule has 0 aliphatic carbocycles. The predicted molar refractivity (Wildman–Crippen MR) is 56.6 cm³/mol. The molecule has 0 radical (unpaired) electrons. The van der Waals surface area contributed by atoms with Gasteiger partial charge in [-0.25, -0.2) is 0 Å². The number of amides is 2. The Kier molecular flexibility index (Phi) is 2.99. The second kappa shape index (κ2) is 4.25. The van der Waals surface area contributed by atoms with E-state index in [-0.39, 0.29) is 12.2 Å². The largest absolute Gasteiger partial charge is 0.433 e. The molecule has 104 valence electrons. The molecule has 0 saturated carbocycles. The van der Waals surface area contributed by atoms with Gasteiger partial charge in [-0.2, -0.15) is 18.3 Å². The number of nitrogens with zero attached hydrogens (tertiary/aromatic N) is 2. The van der Waals surface area contributed by atoms with E-state index < -0.39 is 35.5 Å². The first-order valence-corrected chi connectivity index (χ1v) is 5.40. The average Bonchev–Trinajstić information content (AvgIpc) is 2.80. The fraction of sp³-hybridized carbons (Fsp3) is 0.500. The molecule has 2 atom stereocenters. The standard InChI is InChI=1S/C10H11F3N4O2/c1-17-6(10(11,12)13)2-5(16-17)4-3-15-9(19)7(4)8(14)18/h2,4,7H,3H2,1H3,(H2,14,18)(H,15,19). The van der Waals surface area contributed by atoms with Gasteiger partial charge < -0.3 is 11.1 Å². The molecule has 1 saturated heterocycles. The van der Waals surface area contributed by atoms with E-state index in [1.54, 1.807) is 0 Å². The Morgan fingerprint density at radius 1 is 1.58 bits per heavy atom. The van der Waals surface area contributed by atoms with Crippen LogP contribution in [-0.2, 0) is 22.8 Å². The molecule has 2 rings (SSSR count). The van der Waals surface area contributed by atoms with Crippen molar-refractivity contribution in [3.63, 3.8) is 0 Å². The number of carbonyl (C=O) groups is 2. The summed E-state index contributed by atoms with van der Waals surface area (Å²) in [5.74, 6) is -3.42. The van der Waals surface area contributed by atoms with Gasteiger partial charge in [-0.3, -0.25) is 14.3 Å². The Morgan fingerprint density at radius 3 is 2.68 bits per heavy atom. The van der Waals surface area contributed by atoms with Crippen molar-refractivity contribution in [1.82, 2.24) is 15.1 Å². The fourth-order valence-corrected chi connectivity index (χ4v) is 2.16. The lowest BCUT2D eigenvalue weighted by Gasteiger charge is -2.10.